The first-order chi connectivity index (χ1) is 15.6. The molecule has 2 aromatic rings. The van der Waals surface area contributed by atoms with E-state index in [1.165, 1.54) is 12.5 Å². The molecule has 3 aliphatic rings. The van der Waals surface area contributed by atoms with Crippen LogP contribution in [0.25, 0.3) is 11.3 Å². The Bertz CT molecular complexity index is 960. The Labute approximate surface area is 187 Å². The molecule has 1 saturated carbocycles. The maximum Gasteiger partial charge on any atom is 0.409 e. The zero-order valence-corrected chi connectivity index (χ0v) is 18.4. The Kier molecular flexibility index (Phi) is 5.67. The summed E-state index contributed by atoms with van der Waals surface area (Å²) in [6.45, 7) is 7.32. The third-order valence-corrected chi connectivity index (χ3v) is 7.07. The van der Waals surface area contributed by atoms with Crippen LogP contribution in [-0.4, -0.2) is 82.8 Å². The minimum atomic E-state index is -0.482. The Morgan fingerprint density at radius 2 is 2.03 bits per heavy atom. The fourth-order valence-electron chi connectivity index (χ4n) is 5.49. The van der Waals surface area contributed by atoms with Crippen LogP contribution in [0.3, 0.4) is 0 Å². The monoisotopic (exact) mass is 440 g/mol. The van der Waals surface area contributed by atoms with Crippen LogP contribution in [0.1, 0.15) is 26.2 Å². The number of carbonyl (C=O) groups excluding carboxylic acids is 1. The predicted octanol–water partition coefficient (Wildman–Crippen LogP) is 2.81. The molecule has 4 heterocycles. The minimum Gasteiger partial charge on any atom is -0.450 e. The Morgan fingerprint density at radius 3 is 2.75 bits per heavy atom. The summed E-state index contributed by atoms with van der Waals surface area (Å²) >= 11 is 0. The molecule has 0 radical (unpaired) electrons. The third kappa shape index (κ3) is 4.01. The van der Waals surface area contributed by atoms with Gasteiger partial charge >= 0.3 is 6.09 Å². The van der Waals surface area contributed by atoms with E-state index in [1.54, 1.807) is 24.7 Å². The van der Waals surface area contributed by atoms with Gasteiger partial charge < -0.3 is 14.5 Å². The van der Waals surface area contributed by atoms with Crippen LogP contribution in [0.5, 0.6) is 0 Å². The minimum absolute atomic E-state index is 0.184. The van der Waals surface area contributed by atoms with Gasteiger partial charge in [-0.15, -0.1) is 0 Å². The van der Waals surface area contributed by atoms with Crippen LogP contribution >= 0.6 is 0 Å². The van der Waals surface area contributed by atoms with Crippen molar-refractivity contribution in [1.82, 2.24) is 24.8 Å². The molecule has 5 rings (SSSR count). The summed E-state index contributed by atoms with van der Waals surface area (Å²) < 4.78 is 19.1. The zero-order chi connectivity index (χ0) is 22.1. The Morgan fingerprint density at radius 1 is 1.22 bits per heavy atom. The molecule has 0 bridgehead atoms. The van der Waals surface area contributed by atoms with Crippen LogP contribution in [-0.2, 0) is 4.74 Å². The molecule has 3 fully saturated rings. The first-order valence-corrected chi connectivity index (χ1v) is 11.4. The largest absolute Gasteiger partial charge is 0.450 e. The van der Waals surface area contributed by atoms with Crippen LogP contribution in [0.15, 0.2) is 30.7 Å². The molecule has 1 atom stereocenters. The average molecular weight is 441 g/mol. The van der Waals surface area contributed by atoms with Gasteiger partial charge in [0.05, 0.1) is 18.5 Å². The highest BCUT2D eigenvalue weighted by Crippen LogP contribution is 2.47. The number of piperazine rings is 1. The van der Waals surface area contributed by atoms with E-state index in [9.17, 15) is 9.18 Å². The number of likely N-dealkylation sites (tertiary alicyclic amines) is 1. The van der Waals surface area contributed by atoms with Crippen molar-refractivity contribution in [1.29, 1.82) is 0 Å². The van der Waals surface area contributed by atoms with E-state index in [1.807, 2.05) is 11.8 Å². The lowest BCUT2D eigenvalue weighted by Crippen LogP contribution is -2.58. The fraction of sp³-hybridized carbons (Fsp3) is 0.565. The van der Waals surface area contributed by atoms with Crippen molar-refractivity contribution in [3.05, 3.63) is 36.7 Å². The van der Waals surface area contributed by atoms with Crippen molar-refractivity contribution < 1.29 is 13.9 Å². The van der Waals surface area contributed by atoms with E-state index in [2.05, 4.69) is 24.8 Å². The maximum atomic E-state index is 14.0. The van der Waals surface area contributed by atoms with E-state index in [4.69, 9.17) is 4.74 Å². The lowest BCUT2D eigenvalue weighted by atomic mass is 9.78. The van der Waals surface area contributed by atoms with Gasteiger partial charge in [-0.2, -0.15) is 4.39 Å². The van der Waals surface area contributed by atoms with Crippen molar-refractivity contribution in [3.63, 3.8) is 0 Å². The van der Waals surface area contributed by atoms with Gasteiger partial charge in [0.15, 0.2) is 0 Å². The Hall–Kier alpha value is -2.81. The van der Waals surface area contributed by atoms with Crippen LogP contribution in [0.2, 0.25) is 0 Å². The molecule has 0 aromatic carbocycles. The Balaban J connectivity index is 1.20. The van der Waals surface area contributed by atoms with Crippen LogP contribution in [0.4, 0.5) is 15.0 Å². The molecule has 8 nitrogen and oxygen atoms in total. The van der Waals surface area contributed by atoms with Gasteiger partial charge in [0, 0.05) is 68.7 Å². The number of nitrogens with zero attached hydrogens (tertiary/aromatic N) is 6. The lowest BCUT2D eigenvalue weighted by molar-refractivity contribution is -0.00294. The highest BCUT2D eigenvalue weighted by atomic mass is 19.1. The number of halogens is 1. The SMILES string of the molecule is CCOC(=O)N1CC2(CC[C@@H](N3CCN(c4nc(F)ccc4-c4cnccn4)CC3)C2)C1. The van der Waals surface area contributed by atoms with Gasteiger partial charge in [0.2, 0.25) is 5.95 Å². The number of hydrogen-bond donors (Lipinski definition) is 0. The third-order valence-electron chi connectivity index (χ3n) is 7.07. The summed E-state index contributed by atoms with van der Waals surface area (Å²) in [4.78, 5) is 31.2. The second-order valence-electron chi connectivity index (χ2n) is 9.07. The first-order valence-electron chi connectivity index (χ1n) is 11.4. The summed E-state index contributed by atoms with van der Waals surface area (Å²) in [5.41, 5.74) is 1.77. The van der Waals surface area contributed by atoms with Crippen molar-refractivity contribution in [2.24, 2.45) is 5.41 Å². The summed E-state index contributed by atoms with van der Waals surface area (Å²) in [6.07, 6.45) is 8.23. The second kappa shape index (κ2) is 8.61. The smallest absolute Gasteiger partial charge is 0.409 e. The normalized spacial score (nSPS) is 22.8. The molecule has 2 saturated heterocycles. The van der Waals surface area contributed by atoms with Gasteiger partial charge in [-0.3, -0.25) is 14.9 Å². The van der Waals surface area contributed by atoms with Crippen molar-refractivity contribution >= 4 is 11.9 Å². The molecule has 1 spiro atoms. The molecule has 2 aliphatic heterocycles. The maximum absolute atomic E-state index is 14.0. The van der Waals surface area contributed by atoms with Crippen LogP contribution in [0, 0.1) is 11.4 Å². The number of rotatable bonds is 4. The molecule has 9 heteroatoms. The fourth-order valence-corrected chi connectivity index (χ4v) is 5.49. The summed E-state index contributed by atoms with van der Waals surface area (Å²) in [6, 6.07) is 3.65. The van der Waals surface area contributed by atoms with Gasteiger partial charge in [0.25, 0.3) is 0 Å². The van der Waals surface area contributed by atoms with Gasteiger partial charge in [0.1, 0.15) is 5.82 Å². The lowest BCUT2D eigenvalue weighted by Gasteiger charge is -2.48. The molecular formula is C23H29FN6O2. The summed E-state index contributed by atoms with van der Waals surface area (Å²) in [5.74, 6) is 0.154. The van der Waals surface area contributed by atoms with E-state index < -0.39 is 5.95 Å². The van der Waals surface area contributed by atoms with E-state index in [0.29, 0.717) is 24.2 Å². The second-order valence-corrected chi connectivity index (χ2v) is 9.07. The quantitative estimate of drug-likeness (QED) is 0.677. The standard InChI is InChI=1S/C23H29FN6O2/c1-2-32-22(31)30-15-23(16-30)6-5-17(13-23)28-9-11-29(12-10-28)21-18(3-4-20(24)27-21)19-14-25-7-8-26-19/h3-4,7-8,14,17H,2,5-6,9-13,15-16H2,1H3/t17-/m1/s1. The zero-order valence-electron chi connectivity index (χ0n) is 18.4. The molecule has 1 amide bonds. The molecule has 170 valence electrons. The average Bonchev–Trinajstić information content (AvgIpc) is 3.25. The van der Waals surface area contributed by atoms with E-state index in [0.717, 1.165) is 57.7 Å². The topological polar surface area (TPSA) is 74.7 Å². The van der Waals surface area contributed by atoms with Crippen LogP contribution < -0.4 is 4.90 Å². The molecule has 32 heavy (non-hydrogen) atoms. The first kappa shape index (κ1) is 21.1. The molecular weight excluding hydrogens is 411 g/mol. The van der Waals surface area contributed by atoms with Crippen molar-refractivity contribution in [2.45, 2.75) is 32.2 Å². The molecule has 0 unspecified atom stereocenters. The van der Waals surface area contributed by atoms with E-state index >= 15 is 0 Å². The highest BCUT2D eigenvalue weighted by Gasteiger charge is 2.51. The predicted molar refractivity (Wildman–Crippen MR) is 118 cm³/mol. The van der Waals surface area contributed by atoms with E-state index in [-0.39, 0.29) is 11.5 Å². The molecule has 1 aliphatic carbocycles. The van der Waals surface area contributed by atoms with Gasteiger partial charge in [-0.05, 0) is 38.3 Å². The van der Waals surface area contributed by atoms with Gasteiger partial charge in [-0.25, -0.2) is 9.78 Å². The number of carbonyl (C=O) groups is 1. The van der Waals surface area contributed by atoms with Crippen molar-refractivity contribution in [3.8, 4) is 11.3 Å². The number of ether oxygens (including phenoxy) is 1. The number of anilines is 1. The number of amides is 1. The number of pyridine rings is 1. The number of aromatic nitrogens is 3. The van der Waals surface area contributed by atoms with Gasteiger partial charge in [-0.1, -0.05) is 0 Å². The highest BCUT2D eigenvalue weighted by molar-refractivity contribution is 5.72. The van der Waals surface area contributed by atoms with Crippen molar-refractivity contribution in [2.75, 3.05) is 50.8 Å². The molecule has 0 N–H and O–H groups in total. The number of hydrogen-bond acceptors (Lipinski definition) is 7. The summed E-state index contributed by atoms with van der Waals surface area (Å²) in [7, 11) is 0. The summed E-state index contributed by atoms with van der Waals surface area (Å²) in [5, 5.41) is 0. The molecule has 2 aromatic heterocycles.